The van der Waals surface area contributed by atoms with Gasteiger partial charge in [0.15, 0.2) is 0 Å². The van der Waals surface area contributed by atoms with Crippen LogP contribution < -0.4 is 5.32 Å². The summed E-state index contributed by atoms with van der Waals surface area (Å²) in [6.45, 7) is 2.04. The van der Waals surface area contributed by atoms with Gasteiger partial charge < -0.3 is 9.84 Å². The van der Waals surface area contributed by atoms with Crippen molar-refractivity contribution in [3.8, 4) is 11.5 Å². The summed E-state index contributed by atoms with van der Waals surface area (Å²) in [6.07, 6.45) is 2.22. The van der Waals surface area contributed by atoms with Gasteiger partial charge in [-0.1, -0.05) is 23.4 Å². The van der Waals surface area contributed by atoms with Gasteiger partial charge in [-0.15, -0.1) is 0 Å². The summed E-state index contributed by atoms with van der Waals surface area (Å²) in [7, 11) is 0. The van der Waals surface area contributed by atoms with Gasteiger partial charge in [-0.25, -0.2) is 4.39 Å². The first-order chi connectivity index (χ1) is 12.1. The van der Waals surface area contributed by atoms with Crippen LogP contribution in [0.2, 0.25) is 0 Å². The maximum absolute atomic E-state index is 13.2. The van der Waals surface area contributed by atoms with Crippen LogP contribution in [0, 0.1) is 12.7 Å². The van der Waals surface area contributed by atoms with Crippen LogP contribution in [0.4, 0.5) is 4.39 Å². The zero-order valence-electron chi connectivity index (χ0n) is 13.7. The molecule has 0 aliphatic rings. The number of nitrogens with zero attached hydrogens (tertiary/aromatic N) is 3. The molecule has 0 aliphatic carbocycles. The van der Waals surface area contributed by atoms with Crippen molar-refractivity contribution in [3.05, 3.63) is 65.4 Å². The minimum atomic E-state index is -0.254. The van der Waals surface area contributed by atoms with E-state index >= 15 is 0 Å². The zero-order valence-corrected chi connectivity index (χ0v) is 13.7. The fourth-order valence-electron chi connectivity index (χ4n) is 2.28. The minimum absolute atomic E-state index is 0.139. The van der Waals surface area contributed by atoms with Crippen molar-refractivity contribution in [1.29, 1.82) is 0 Å². The number of amides is 1. The molecule has 3 rings (SSSR count). The number of nitrogens with one attached hydrogen (secondary N) is 1. The average Bonchev–Trinajstić information content (AvgIpc) is 3.11. The molecule has 0 atom stereocenters. The molecule has 0 saturated carbocycles. The lowest BCUT2D eigenvalue weighted by molar-refractivity contribution is -0.121. The predicted octanol–water partition coefficient (Wildman–Crippen LogP) is 2.83. The largest absolute Gasteiger partial charge is 0.352 e. The van der Waals surface area contributed by atoms with Crippen LogP contribution in [-0.4, -0.2) is 21.0 Å². The molecule has 3 aromatic rings. The molecule has 0 saturated heterocycles. The number of aromatic nitrogens is 3. The second-order valence-electron chi connectivity index (χ2n) is 5.59. The zero-order chi connectivity index (χ0) is 17.6. The number of halogens is 1. The number of carbonyl (C=O) groups excluding carboxylic acids is 1. The Hall–Kier alpha value is -3.09. The molecule has 2 heterocycles. The van der Waals surface area contributed by atoms with E-state index in [4.69, 9.17) is 4.52 Å². The summed E-state index contributed by atoms with van der Waals surface area (Å²) in [5.74, 6) is 0.390. The molecule has 0 bridgehead atoms. The first-order valence-corrected chi connectivity index (χ1v) is 7.87. The molecular weight excluding hydrogens is 323 g/mol. The van der Waals surface area contributed by atoms with Crippen molar-refractivity contribution in [1.82, 2.24) is 20.4 Å². The van der Waals surface area contributed by atoms with E-state index in [0.29, 0.717) is 35.9 Å². The number of hydrogen-bond donors (Lipinski definition) is 1. The smallest absolute Gasteiger partial charge is 0.227 e. The van der Waals surface area contributed by atoms with E-state index < -0.39 is 0 Å². The molecule has 0 radical (unpaired) electrons. The van der Waals surface area contributed by atoms with Crippen molar-refractivity contribution in [3.63, 3.8) is 0 Å². The summed E-state index contributed by atoms with van der Waals surface area (Å²) in [6, 6.07) is 10.2. The van der Waals surface area contributed by atoms with Crippen LogP contribution in [0.5, 0.6) is 0 Å². The summed E-state index contributed by atoms with van der Waals surface area (Å²) < 4.78 is 18.4. The van der Waals surface area contributed by atoms with Crippen LogP contribution in [0.1, 0.15) is 23.4 Å². The second-order valence-corrected chi connectivity index (χ2v) is 5.59. The average molecular weight is 340 g/mol. The standard InChI is InChI=1S/C18H17FN4O2/c1-12-10-13(5-6-14(12)19)11-21-16(24)7-8-17-22-18(23-25-17)15-4-2-3-9-20-15/h2-6,9-10H,7-8,11H2,1H3,(H,21,24). The Kier molecular flexibility index (Phi) is 5.13. The SMILES string of the molecule is Cc1cc(CNC(=O)CCc2nc(-c3ccccn3)no2)ccc1F. The van der Waals surface area contributed by atoms with Gasteiger partial charge in [-0.3, -0.25) is 9.78 Å². The minimum Gasteiger partial charge on any atom is -0.352 e. The fourth-order valence-corrected chi connectivity index (χ4v) is 2.28. The molecule has 1 aromatic carbocycles. The molecule has 2 aromatic heterocycles. The molecule has 128 valence electrons. The van der Waals surface area contributed by atoms with Crippen LogP contribution in [0.25, 0.3) is 11.5 Å². The normalized spacial score (nSPS) is 10.6. The maximum atomic E-state index is 13.2. The van der Waals surface area contributed by atoms with Crippen LogP contribution in [0.15, 0.2) is 47.1 Å². The first-order valence-electron chi connectivity index (χ1n) is 7.87. The molecule has 0 unspecified atom stereocenters. The van der Waals surface area contributed by atoms with Crippen LogP contribution in [0.3, 0.4) is 0 Å². The monoisotopic (exact) mass is 340 g/mol. The molecular formula is C18H17FN4O2. The summed E-state index contributed by atoms with van der Waals surface area (Å²) in [5, 5.41) is 6.65. The maximum Gasteiger partial charge on any atom is 0.227 e. The van der Waals surface area contributed by atoms with Crippen molar-refractivity contribution >= 4 is 5.91 Å². The van der Waals surface area contributed by atoms with Crippen LogP contribution in [-0.2, 0) is 17.8 Å². The van der Waals surface area contributed by atoms with Gasteiger partial charge >= 0.3 is 0 Å². The third-order valence-corrected chi connectivity index (χ3v) is 3.64. The molecule has 7 heteroatoms. The Labute approximate surface area is 144 Å². The molecule has 1 amide bonds. The number of aryl methyl sites for hydroxylation is 2. The van der Waals surface area contributed by atoms with Gasteiger partial charge in [0.2, 0.25) is 17.6 Å². The van der Waals surface area contributed by atoms with Gasteiger partial charge in [0, 0.05) is 25.6 Å². The third kappa shape index (κ3) is 4.47. The Morgan fingerprint density at radius 2 is 2.16 bits per heavy atom. The van der Waals surface area contributed by atoms with E-state index in [9.17, 15) is 9.18 Å². The molecule has 25 heavy (non-hydrogen) atoms. The highest BCUT2D eigenvalue weighted by Crippen LogP contribution is 2.13. The Morgan fingerprint density at radius 1 is 1.28 bits per heavy atom. The molecule has 1 N–H and O–H groups in total. The lowest BCUT2D eigenvalue weighted by Gasteiger charge is -2.06. The van der Waals surface area contributed by atoms with E-state index in [1.54, 1.807) is 37.4 Å². The number of benzene rings is 1. The Morgan fingerprint density at radius 3 is 2.92 bits per heavy atom. The third-order valence-electron chi connectivity index (χ3n) is 3.64. The molecule has 0 spiro atoms. The Balaban J connectivity index is 1.49. The van der Waals surface area contributed by atoms with Gasteiger partial charge in [-0.05, 0) is 36.2 Å². The summed E-state index contributed by atoms with van der Waals surface area (Å²) in [5.41, 5.74) is 2.02. The second kappa shape index (κ2) is 7.65. The van der Waals surface area contributed by atoms with Crippen molar-refractivity contribution in [2.24, 2.45) is 0 Å². The molecule has 0 fully saturated rings. The number of hydrogen-bond acceptors (Lipinski definition) is 5. The highest BCUT2D eigenvalue weighted by molar-refractivity contribution is 5.76. The van der Waals surface area contributed by atoms with Gasteiger partial charge in [-0.2, -0.15) is 4.98 Å². The summed E-state index contributed by atoms with van der Waals surface area (Å²) >= 11 is 0. The van der Waals surface area contributed by atoms with E-state index in [1.165, 1.54) is 6.07 Å². The van der Waals surface area contributed by atoms with Crippen molar-refractivity contribution < 1.29 is 13.7 Å². The van der Waals surface area contributed by atoms with E-state index in [-0.39, 0.29) is 18.1 Å². The van der Waals surface area contributed by atoms with Crippen LogP contribution >= 0.6 is 0 Å². The lowest BCUT2D eigenvalue weighted by atomic mass is 10.1. The van der Waals surface area contributed by atoms with E-state index in [2.05, 4.69) is 20.4 Å². The highest BCUT2D eigenvalue weighted by Gasteiger charge is 2.11. The molecule has 6 nitrogen and oxygen atoms in total. The molecule has 0 aliphatic heterocycles. The van der Waals surface area contributed by atoms with E-state index in [0.717, 1.165) is 5.56 Å². The summed E-state index contributed by atoms with van der Waals surface area (Å²) in [4.78, 5) is 20.3. The lowest BCUT2D eigenvalue weighted by Crippen LogP contribution is -2.23. The quantitative estimate of drug-likeness (QED) is 0.746. The van der Waals surface area contributed by atoms with Gasteiger partial charge in [0.25, 0.3) is 0 Å². The van der Waals surface area contributed by atoms with Gasteiger partial charge in [0.1, 0.15) is 11.5 Å². The number of pyridine rings is 1. The highest BCUT2D eigenvalue weighted by atomic mass is 19.1. The van der Waals surface area contributed by atoms with Crippen molar-refractivity contribution in [2.45, 2.75) is 26.3 Å². The first kappa shape index (κ1) is 16.8. The number of carbonyl (C=O) groups is 1. The number of rotatable bonds is 6. The van der Waals surface area contributed by atoms with Gasteiger partial charge in [0.05, 0.1) is 0 Å². The predicted molar refractivity (Wildman–Crippen MR) is 88.8 cm³/mol. The van der Waals surface area contributed by atoms with Crippen molar-refractivity contribution in [2.75, 3.05) is 0 Å². The topological polar surface area (TPSA) is 80.9 Å². The Bertz CT molecular complexity index is 865. The fraction of sp³-hybridized carbons (Fsp3) is 0.222. The van der Waals surface area contributed by atoms with E-state index in [1.807, 2.05) is 6.07 Å².